The first-order valence-electron chi connectivity index (χ1n) is 8.61. The van der Waals surface area contributed by atoms with Gasteiger partial charge in [0.25, 0.3) is 0 Å². The van der Waals surface area contributed by atoms with E-state index in [0.29, 0.717) is 30.4 Å². The Bertz CT molecular complexity index is 928. The Morgan fingerprint density at radius 3 is 2.78 bits per heavy atom. The molecular weight excluding hydrogens is 380 g/mol. The SMILES string of the molecule is O=C(CSc1nc(-c2ccccc2)cs1)Nc1ccc2c(c1)OCCCO2. The highest BCUT2D eigenvalue weighted by Gasteiger charge is 2.13. The van der Waals surface area contributed by atoms with E-state index in [1.807, 2.05) is 47.8 Å². The van der Waals surface area contributed by atoms with Crippen LogP contribution in [0.15, 0.2) is 58.3 Å². The number of aromatic nitrogens is 1. The summed E-state index contributed by atoms with van der Waals surface area (Å²) in [5.41, 5.74) is 2.72. The van der Waals surface area contributed by atoms with Gasteiger partial charge in [0.05, 0.1) is 24.7 Å². The second-order valence-corrected chi connectivity index (χ2v) is 7.99. The number of thiazole rings is 1. The fraction of sp³-hybridized carbons (Fsp3) is 0.200. The van der Waals surface area contributed by atoms with Crippen molar-refractivity contribution in [1.82, 2.24) is 4.98 Å². The maximum Gasteiger partial charge on any atom is 0.234 e. The Labute approximate surface area is 165 Å². The Hall–Kier alpha value is -2.51. The van der Waals surface area contributed by atoms with Crippen molar-refractivity contribution < 1.29 is 14.3 Å². The van der Waals surface area contributed by atoms with Crippen LogP contribution in [0.2, 0.25) is 0 Å². The van der Waals surface area contributed by atoms with Crippen LogP contribution in [0, 0.1) is 0 Å². The van der Waals surface area contributed by atoms with Crippen LogP contribution in [0.25, 0.3) is 11.3 Å². The summed E-state index contributed by atoms with van der Waals surface area (Å²) in [7, 11) is 0. The van der Waals surface area contributed by atoms with Gasteiger partial charge in [0.15, 0.2) is 15.8 Å². The van der Waals surface area contributed by atoms with Gasteiger partial charge in [-0.3, -0.25) is 4.79 Å². The highest BCUT2D eigenvalue weighted by molar-refractivity contribution is 8.01. The summed E-state index contributed by atoms with van der Waals surface area (Å²) in [4.78, 5) is 16.9. The molecule has 138 valence electrons. The number of rotatable bonds is 5. The molecule has 0 aliphatic carbocycles. The fourth-order valence-corrected chi connectivity index (χ4v) is 4.27. The lowest BCUT2D eigenvalue weighted by molar-refractivity contribution is -0.113. The van der Waals surface area contributed by atoms with Crippen LogP contribution in [-0.2, 0) is 4.79 Å². The van der Waals surface area contributed by atoms with Crippen molar-refractivity contribution in [3.05, 3.63) is 53.9 Å². The lowest BCUT2D eigenvalue weighted by atomic mass is 10.2. The molecule has 0 bridgehead atoms. The summed E-state index contributed by atoms with van der Waals surface area (Å²) in [5, 5.41) is 4.92. The van der Waals surface area contributed by atoms with Gasteiger partial charge in [0.2, 0.25) is 5.91 Å². The summed E-state index contributed by atoms with van der Waals surface area (Å²) in [6.07, 6.45) is 0.853. The molecule has 2 heterocycles. The topological polar surface area (TPSA) is 60.5 Å². The molecule has 0 unspecified atom stereocenters. The van der Waals surface area contributed by atoms with Gasteiger partial charge in [-0.15, -0.1) is 11.3 Å². The molecule has 5 nitrogen and oxygen atoms in total. The highest BCUT2D eigenvalue weighted by atomic mass is 32.2. The van der Waals surface area contributed by atoms with Crippen molar-refractivity contribution in [2.75, 3.05) is 24.3 Å². The van der Waals surface area contributed by atoms with Crippen LogP contribution in [0.4, 0.5) is 5.69 Å². The number of carbonyl (C=O) groups is 1. The molecule has 7 heteroatoms. The van der Waals surface area contributed by atoms with Crippen LogP contribution in [0.1, 0.15) is 6.42 Å². The Balaban J connectivity index is 1.34. The number of carbonyl (C=O) groups excluding carboxylic acids is 1. The second-order valence-electron chi connectivity index (χ2n) is 5.91. The van der Waals surface area contributed by atoms with Crippen molar-refractivity contribution in [3.8, 4) is 22.8 Å². The zero-order valence-electron chi connectivity index (χ0n) is 14.5. The fourth-order valence-electron chi connectivity index (χ4n) is 2.63. The van der Waals surface area contributed by atoms with Gasteiger partial charge in [0, 0.05) is 29.1 Å². The van der Waals surface area contributed by atoms with Gasteiger partial charge in [-0.1, -0.05) is 42.1 Å². The van der Waals surface area contributed by atoms with E-state index in [1.54, 1.807) is 17.4 Å². The Morgan fingerprint density at radius 2 is 1.93 bits per heavy atom. The molecule has 0 fully saturated rings. The third kappa shape index (κ3) is 4.61. The number of fused-ring (bicyclic) bond motifs is 1. The van der Waals surface area contributed by atoms with Crippen LogP contribution in [0.5, 0.6) is 11.5 Å². The largest absolute Gasteiger partial charge is 0.490 e. The smallest absolute Gasteiger partial charge is 0.234 e. The average molecular weight is 399 g/mol. The van der Waals surface area contributed by atoms with Crippen LogP contribution < -0.4 is 14.8 Å². The minimum Gasteiger partial charge on any atom is -0.490 e. The number of anilines is 1. The summed E-state index contributed by atoms with van der Waals surface area (Å²) in [6, 6.07) is 15.5. The molecular formula is C20H18N2O3S2. The van der Waals surface area contributed by atoms with Crippen molar-refractivity contribution >= 4 is 34.7 Å². The zero-order chi connectivity index (χ0) is 18.5. The van der Waals surface area contributed by atoms with Crippen molar-refractivity contribution in [2.45, 2.75) is 10.8 Å². The predicted octanol–water partition coefficient (Wildman–Crippen LogP) is 4.70. The third-order valence-corrected chi connectivity index (χ3v) is 5.93. The maximum atomic E-state index is 12.3. The zero-order valence-corrected chi connectivity index (χ0v) is 16.1. The molecule has 2 aromatic carbocycles. The van der Waals surface area contributed by atoms with Gasteiger partial charge in [0.1, 0.15) is 0 Å². The standard InChI is InChI=1S/C20H18N2O3S2/c23-19(21-15-7-8-17-18(11-15)25-10-4-9-24-17)13-27-20-22-16(12-26-20)14-5-2-1-3-6-14/h1-3,5-8,11-12H,4,9-10,13H2,(H,21,23). The molecule has 4 rings (SSSR count). The Morgan fingerprint density at radius 1 is 1.11 bits per heavy atom. The van der Waals surface area contributed by atoms with E-state index in [-0.39, 0.29) is 5.91 Å². The highest BCUT2D eigenvalue weighted by Crippen LogP contribution is 2.32. The van der Waals surface area contributed by atoms with E-state index in [2.05, 4.69) is 10.3 Å². The van der Waals surface area contributed by atoms with Crippen molar-refractivity contribution in [2.24, 2.45) is 0 Å². The molecule has 0 saturated carbocycles. The molecule has 27 heavy (non-hydrogen) atoms. The quantitative estimate of drug-likeness (QED) is 0.631. The molecule has 1 aliphatic heterocycles. The minimum atomic E-state index is -0.0778. The molecule has 0 saturated heterocycles. The van der Waals surface area contributed by atoms with Gasteiger partial charge in [-0.2, -0.15) is 0 Å². The third-order valence-electron chi connectivity index (χ3n) is 3.91. The van der Waals surface area contributed by atoms with E-state index >= 15 is 0 Å². The van der Waals surface area contributed by atoms with E-state index in [0.717, 1.165) is 27.8 Å². The number of nitrogens with one attached hydrogen (secondary N) is 1. The normalized spacial score (nSPS) is 13.0. The van der Waals surface area contributed by atoms with Crippen molar-refractivity contribution in [3.63, 3.8) is 0 Å². The predicted molar refractivity (Wildman–Crippen MR) is 109 cm³/mol. The first kappa shape index (κ1) is 17.9. The molecule has 3 aromatic rings. The Kier molecular flexibility index (Phi) is 5.60. The lowest BCUT2D eigenvalue weighted by Crippen LogP contribution is -2.14. The van der Waals surface area contributed by atoms with E-state index in [1.165, 1.54) is 11.8 Å². The van der Waals surface area contributed by atoms with Crippen LogP contribution in [0.3, 0.4) is 0 Å². The first-order chi connectivity index (χ1) is 13.3. The summed E-state index contributed by atoms with van der Waals surface area (Å²) >= 11 is 2.98. The van der Waals surface area contributed by atoms with Crippen LogP contribution >= 0.6 is 23.1 Å². The number of nitrogens with zero attached hydrogens (tertiary/aromatic N) is 1. The molecule has 1 amide bonds. The number of hydrogen-bond donors (Lipinski definition) is 1. The van der Waals surface area contributed by atoms with E-state index in [9.17, 15) is 4.79 Å². The number of amides is 1. The molecule has 1 aromatic heterocycles. The first-order valence-corrected chi connectivity index (χ1v) is 10.5. The molecule has 0 atom stereocenters. The number of thioether (sulfide) groups is 1. The van der Waals surface area contributed by atoms with E-state index in [4.69, 9.17) is 9.47 Å². The van der Waals surface area contributed by atoms with Crippen LogP contribution in [-0.4, -0.2) is 29.9 Å². The van der Waals surface area contributed by atoms with Gasteiger partial charge >= 0.3 is 0 Å². The summed E-state index contributed by atoms with van der Waals surface area (Å²) < 4.78 is 12.1. The summed E-state index contributed by atoms with van der Waals surface area (Å²) in [5.74, 6) is 1.61. The van der Waals surface area contributed by atoms with Crippen molar-refractivity contribution in [1.29, 1.82) is 0 Å². The maximum absolute atomic E-state index is 12.3. The molecule has 1 N–H and O–H groups in total. The number of hydrogen-bond acceptors (Lipinski definition) is 6. The number of benzene rings is 2. The number of ether oxygens (including phenoxy) is 2. The van der Waals surface area contributed by atoms with E-state index < -0.39 is 0 Å². The summed E-state index contributed by atoms with van der Waals surface area (Å²) in [6.45, 7) is 1.27. The molecule has 0 spiro atoms. The minimum absolute atomic E-state index is 0.0778. The van der Waals surface area contributed by atoms with Gasteiger partial charge in [-0.05, 0) is 12.1 Å². The lowest BCUT2D eigenvalue weighted by Gasteiger charge is -2.10. The van der Waals surface area contributed by atoms with Gasteiger partial charge < -0.3 is 14.8 Å². The molecule has 0 radical (unpaired) electrons. The second kappa shape index (κ2) is 8.45. The average Bonchev–Trinajstić information content (AvgIpc) is 3.05. The molecule has 1 aliphatic rings. The van der Waals surface area contributed by atoms with Gasteiger partial charge in [-0.25, -0.2) is 4.98 Å². The monoisotopic (exact) mass is 398 g/mol.